The second-order valence-corrected chi connectivity index (χ2v) is 6.87. The van der Waals surface area contributed by atoms with E-state index in [1.165, 1.54) is 0 Å². The Morgan fingerprint density at radius 2 is 2.07 bits per heavy atom. The van der Waals surface area contributed by atoms with Crippen molar-refractivity contribution < 1.29 is 18.7 Å². The molecule has 3 heterocycles. The highest BCUT2D eigenvalue weighted by molar-refractivity contribution is 5.91. The van der Waals surface area contributed by atoms with Crippen molar-refractivity contribution in [2.45, 2.75) is 19.6 Å². The van der Waals surface area contributed by atoms with E-state index in [9.17, 15) is 4.79 Å². The minimum Gasteiger partial charge on any atom is -0.426 e. The van der Waals surface area contributed by atoms with Crippen molar-refractivity contribution in [3.8, 4) is 11.7 Å². The summed E-state index contributed by atoms with van der Waals surface area (Å²) in [7, 11) is 0. The highest BCUT2D eigenvalue weighted by Crippen LogP contribution is 2.23. The van der Waals surface area contributed by atoms with Gasteiger partial charge in [0.1, 0.15) is 11.6 Å². The van der Waals surface area contributed by atoms with Gasteiger partial charge in [-0.15, -0.1) is 0 Å². The number of nitrogens with one attached hydrogen (secondary N) is 1. The van der Waals surface area contributed by atoms with Crippen LogP contribution in [0.1, 0.15) is 23.0 Å². The second kappa shape index (κ2) is 8.79. The number of rotatable bonds is 6. The van der Waals surface area contributed by atoms with E-state index in [1.54, 1.807) is 18.3 Å². The second-order valence-electron chi connectivity index (χ2n) is 6.87. The maximum absolute atomic E-state index is 12.3. The van der Waals surface area contributed by atoms with Crippen molar-refractivity contribution in [3.63, 3.8) is 0 Å². The van der Waals surface area contributed by atoms with Crippen LogP contribution < -0.4 is 15.0 Å². The average molecular weight is 393 g/mol. The lowest BCUT2D eigenvalue weighted by atomic mass is 10.2. The van der Waals surface area contributed by atoms with Crippen LogP contribution in [0.25, 0.3) is 0 Å². The summed E-state index contributed by atoms with van der Waals surface area (Å²) in [6, 6.07) is 16.4. The molecule has 0 spiro atoms. The van der Waals surface area contributed by atoms with Crippen LogP contribution >= 0.6 is 0 Å². The fourth-order valence-corrected chi connectivity index (χ4v) is 3.11. The average Bonchev–Trinajstić information content (AvgIpc) is 3.22. The third kappa shape index (κ3) is 4.94. The first kappa shape index (κ1) is 19.0. The first-order valence-electron chi connectivity index (χ1n) is 9.60. The van der Waals surface area contributed by atoms with Gasteiger partial charge in [0.15, 0.2) is 5.76 Å². The number of aromatic nitrogens is 1. The number of para-hydroxylation sites is 1. The quantitative estimate of drug-likeness (QED) is 0.689. The van der Waals surface area contributed by atoms with Crippen LogP contribution in [0.4, 0.5) is 5.82 Å². The van der Waals surface area contributed by atoms with E-state index in [-0.39, 0.29) is 23.7 Å². The van der Waals surface area contributed by atoms with E-state index in [4.69, 9.17) is 13.9 Å². The lowest BCUT2D eigenvalue weighted by Gasteiger charge is -2.32. The lowest BCUT2D eigenvalue weighted by molar-refractivity contribution is 0.0529. The van der Waals surface area contributed by atoms with Gasteiger partial charge in [0.25, 0.3) is 11.9 Å². The standard InChI is InChI=1S/C22H23N3O4/c1-16-15-25(11-12-27-16)20-9-7-17(13-23-20)14-24-22(26)19-8-10-21(29-19)28-18-5-3-2-4-6-18/h2-10,13,16H,11-12,14-15H2,1H3,(H,24,26). The molecule has 2 aromatic heterocycles. The summed E-state index contributed by atoms with van der Waals surface area (Å²) < 4.78 is 16.6. The first-order valence-corrected chi connectivity index (χ1v) is 9.60. The number of carbonyl (C=O) groups excluding carboxylic acids is 1. The number of morpholine rings is 1. The van der Waals surface area contributed by atoms with E-state index < -0.39 is 0 Å². The predicted octanol–water partition coefficient (Wildman–Crippen LogP) is 3.62. The Balaban J connectivity index is 1.30. The molecule has 0 aliphatic carbocycles. The number of hydrogen-bond acceptors (Lipinski definition) is 6. The summed E-state index contributed by atoms with van der Waals surface area (Å²) in [5, 5.41) is 2.84. The number of amides is 1. The fourth-order valence-electron chi connectivity index (χ4n) is 3.11. The van der Waals surface area contributed by atoms with Gasteiger partial charge in [0.2, 0.25) is 0 Å². The summed E-state index contributed by atoms with van der Waals surface area (Å²) in [5.41, 5.74) is 0.913. The summed E-state index contributed by atoms with van der Waals surface area (Å²) in [4.78, 5) is 19.0. The molecule has 29 heavy (non-hydrogen) atoms. The van der Waals surface area contributed by atoms with Crippen LogP contribution in [0.2, 0.25) is 0 Å². The normalized spacial score (nSPS) is 16.4. The van der Waals surface area contributed by atoms with Gasteiger partial charge < -0.3 is 24.1 Å². The van der Waals surface area contributed by atoms with Gasteiger partial charge >= 0.3 is 0 Å². The summed E-state index contributed by atoms with van der Waals surface area (Å²) in [6.07, 6.45) is 1.98. The molecular formula is C22H23N3O4. The summed E-state index contributed by atoms with van der Waals surface area (Å²) >= 11 is 0. The Bertz CT molecular complexity index is 940. The number of benzene rings is 1. The van der Waals surface area contributed by atoms with Crippen LogP contribution in [0.3, 0.4) is 0 Å². The summed E-state index contributed by atoms with van der Waals surface area (Å²) in [5.74, 6) is 1.73. The Hall–Kier alpha value is -3.32. The summed E-state index contributed by atoms with van der Waals surface area (Å²) in [6.45, 7) is 4.79. The smallest absolute Gasteiger partial charge is 0.290 e. The Morgan fingerprint density at radius 3 is 2.83 bits per heavy atom. The molecule has 1 aliphatic rings. The molecule has 0 bridgehead atoms. The van der Waals surface area contributed by atoms with Crippen LogP contribution in [0.5, 0.6) is 11.7 Å². The molecule has 1 N–H and O–H groups in total. The van der Waals surface area contributed by atoms with Crippen LogP contribution in [0, 0.1) is 0 Å². The number of nitrogens with zero attached hydrogens (tertiary/aromatic N) is 2. The molecule has 3 aromatic rings. The SMILES string of the molecule is CC1CN(c2ccc(CNC(=O)c3ccc(Oc4ccccc4)o3)cn2)CCO1. The molecule has 7 nitrogen and oxygen atoms in total. The number of hydrogen-bond donors (Lipinski definition) is 1. The molecular weight excluding hydrogens is 370 g/mol. The Morgan fingerprint density at radius 1 is 1.21 bits per heavy atom. The van der Waals surface area contributed by atoms with Crippen molar-refractivity contribution in [1.82, 2.24) is 10.3 Å². The lowest BCUT2D eigenvalue weighted by Crippen LogP contribution is -2.41. The third-order valence-corrected chi connectivity index (χ3v) is 4.59. The van der Waals surface area contributed by atoms with Crippen molar-refractivity contribution in [2.75, 3.05) is 24.6 Å². The van der Waals surface area contributed by atoms with Crippen molar-refractivity contribution in [3.05, 3.63) is 72.1 Å². The maximum Gasteiger partial charge on any atom is 0.290 e. The van der Waals surface area contributed by atoms with E-state index in [0.717, 1.165) is 24.5 Å². The molecule has 1 fully saturated rings. The number of carbonyl (C=O) groups is 1. The minimum absolute atomic E-state index is 0.197. The fraction of sp³-hybridized carbons (Fsp3) is 0.273. The van der Waals surface area contributed by atoms with Gasteiger partial charge in [-0.1, -0.05) is 24.3 Å². The molecule has 1 unspecified atom stereocenters. The van der Waals surface area contributed by atoms with E-state index in [2.05, 4.69) is 22.1 Å². The van der Waals surface area contributed by atoms with E-state index >= 15 is 0 Å². The molecule has 1 aliphatic heterocycles. The van der Waals surface area contributed by atoms with Gasteiger partial charge in [0, 0.05) is 31.9 Å². The predicted molar refractivity (Wildman–Crippen MR) is 108 cm³/mol. The highest BCUT2D eigenvalue weighted by atomic mass is 16.6. The highest BCUT2D eigenvalue weighted by Gasteiger charge is 2.18. The molecule has 150 valence electrons. The van der Waals surface area contributed by atoms with Crippen molar-refractivity contribution in [1.29, 1.82) is 0 Å². The zero-order chi connectivity index (χ0) is 20.1. The molecule has 0 saturated carbocycles. The monoisotopic (exact) mass is 393 g/mol. The van der Waals surface area contributed by atoms with Gasteiger partial charge in [-0.2, -0.15) is 0 Å². The minimum atomic E-state index is -0.306. The van der Waals surface area contributed by atoms with Crippen LogP contribution in [-0.2, 0) is 11.3 Å². The van der Waals surface area contributed by atoms with E-state index in [1.807, 2.05) is 42.5 Å². The molecule has 4 rings (SSSR count). The van der Waals surface area contributed by atoms with Crippen LogP contribution in [-0.4, -0.2) is 36.7 Å². The number of anilines is 1. The first-order chi connectivity index (χ1) is 14.2. The van der Waals surface area contributed by atoms with E-state index in [0.29, 0.717) is 18.9 Å². The Kier molecular flexibility index (Phi) is 5.76. The molecule has 0 radical (unpaired) electrons. The molecule has 1 atom stereocenters. The topological polar surface area (TPSA) is 76.8 Å². The Labute approximate surface area is 169 Å². The zero-order valence-corrected chi connectivity index (χ0v) is 16.2. The maximum atomic E-state index is 12.3. The van der Waals surface area contributed by atoms with Crippen LogP contribution in [0.15, 0.2) is 65.2 Å². The molecule has 1 aromatic carbocycles. The van der Waals surface area contributed by atoms with Gasteiger partial charge in [-0.25, -0.2) is 4.98 Å². The molecule has 1 saturated heterocycles. The van der Waals surface area contributed by atoms with Crippen molar-refractivity contribution in [2.24, 2.45) is 0 Å². The van der Waals surface area contributed by atoms with Crippen molar-refractivity contribution >= 4 is 11.7 Å². The van der Waals surface area contributed by atoms with Gasteiger partial charge in [0.05, 0.1) is 12.7 Å². The number of pyridine rings is 1. The number of furan rings is 1. The zero-order valence-electron chi connectivity index (χ0n) is 16.2. The number of ether oxygens (including phenoxy) is 2. The van der Waals surface area contributed by atoms with Gasteiger partial charge in [-0.3, -0.25) is 4.79 Å². The molecule has 7 heteroatoms. The largest absolute Gasteiger partial charge is 0.426 e. The third-order valence-electron chi connectivity index (χ3n) is 4.59. The molecule has 1 amide bonds. The van der Waals surface area contributed by atoms with Gasteiger partial charge in [-0.05, 0) is 36.8 Å².